The van der Waals surface area contributed by atoms with Gasteiger partial charge in [-0.1, -0.05) is 11.6 Å². The first kappa shape index (κ1) is 12.9. The van der Waals surface area contributed by atoms with Crippen LogP contribution in [-0.2, 0) is 0 Å². The highest BCUT2D eigenvalue weighted by molar-refractivity contribution is 6.29. The fourth-order valence-electron chi connectivity index (χ4n) is 1.90. The Kier molecular flexibility index (Phi) is 3.52. The second-order valence-electron chi connectivity index (χ2n) is 4.69. The zero-order chi connectivity index (χ0) is 13.9. The first-order valence-corrected chi connectivity index (χ1v) is 6.74. The number of carbonyl (C=O) groups is 1. The molecule has 5 nitrogen and oxygen atoms in total. The smallest absolute Gasteiger partial charge is 0.308 e. The van der Waals surface area contributed by atoms with Crippen molar-refractivity contribution in [3.63, 3.8) is 0 Å². The van der Waals surface area contributed by atoms with Crippen LogP contribution in [0.15, 0.2) is 36.7 Å². The minimum atomic E-state index is -0.319. The van der Waals surface area contributed by atoms with Crippen molar-refractivity contribution in [3.05, 3.63) is 47.5 Å². The van der Waals surface area contributed by atoms with Gasteiger partial charge in [-0.2, -0.15) is 0 Å². The summed E-state index contributed by atoms with van der Waals surface area (Å²) in [5.74, 6) is 0.554. The summed E-state index contributed by atoms with van der Waals surface area (Å²) in [7, 11) is 0. The molecular weight excluding hydrogens is 276 g/mol. The maximum absolute atomic E-state index is 11.9. The summed E-state index contributed by atoms with van der Waals surface area (Å²) in [6.07, 6.45) is 5.61. The van der Waals surface area contributed by atoms with E-state index < -0.39 is 0 Å². The highest BCUT2D eigenvalue weighted by Crippen LogP contribution is 2.39. The van der Waals surface area contributed by atoms with E-state index in [1.54, 1.807) is 24.4 Å². The van der Waals surface area contributed by atoms with Gasteiger partial charge in [0.2, 0.25) is 0 Å². The molecule has 2 aromatic rings. The molecule has 0 saturated heterocycles. The van der Waals surface area contributed by atoms with Crippen LogP contribution in [0.1, 0.15) is 24.5 Å². The Morgan fingerprint density at radius 1 is 1.10 bits per heavy atom. The number of amides is 2. The molecule has 0 aromatic carbocycles. The van der Waals surface area contributed by atoms with E-state index in [0.717, 1.165) is 11.4 Å². The van der Waals surface area contributed by atoms with E-state index in [0.29, 0.717) is 16.8 Å². The first-order chi connectivity index (χ1) is 9.70. The number of nitrogens with one attached hydrogen (secondary N) is 2. The molecule has 1 aliphatic rings. The van der Waals surface area contributed by atoms with Crippen molar-refractivity contribution in [1.82, 2.24) is 9.97 Å². The largest absolute Gasteiger partial charge is 0.323 e. The van der Waals surface area contributed by atoms with Crippen molar-refractivity contribution in [2.24, 2.45) is 0 Å². The summed E-state index contributed by atoms with van der Waals surface area (Å²) >= 11 is 5.76. The molecule has 1 aliphatic carbocycles. The molecule has 1 fully saturated rings. The van der Waals surface area contributed by atoms with Gasteiger partial charge in [-0.15, -0.1) is 0 Å². The van der Waals surface area contributed by atoms with Gasteiger partial charge in [-0.05, 0) is 37.1 Å². The molecule has 20 heavy (non-hydrogen) atoms. The fourth-order valence-corrected chi connectivity index (χ4v) is 2.08. The van der Waals surface area contributed by atoms with Gasteiger partial charge in [-0.3, -0.25) is 4.98 Å². The number of hydrogen-bond donors (Lipinski definition) is 2. The van der Waals surface area contributed by atoms with Crippen molar-refractivity contribution >= 4 is 29.0 Å². The molecule has 0 bridgehead atoms. The van der Waals surface area contributed by atoms with Crippen LogP contribution in [0.25, 0.3) is 0 Å². The third kappa shape index (κ3) is 3.24. The summed E-state index contributed by atoms with van der Waals surface area (Å²) in [6.45, 7) is 0. The molecule has 0 unspecified atom stereocenters. The fraction of sp³-hybridized carbons (Fsp3) is 0.214. The summed E-state index contributed by atoms with van der Waals surface area (Å²) in [5.41, 5.74) is 2.37. The topological polar surface area (TPSA) is 66.9 Å². The molecule has 1 saturated carbocycles. The van der Waals surface area contributed by atoms with Crippen molar-refractivity contribution in [1.29, 1.82) is 0 Å². The molecule has 0 atom stereocenters. The third-order valence-corrected chi connectivity index (χ3v) is 3.23. The van der Waals surface area contributed by atoms with E-state index in [1.807, 2.05) is 6.07 Å². The molecule has 0 spiro atoms. The van der Waals surface area contributed by atoms with E-state index in [4.69, 9.17) is 11.6 Å². The van der Waals surface area contributed by atoms with E-state index in [9.17, 15) is 4.79 Å². The van der Waals surface area contributed by atoms with Gasteiger partial charge in [-0.25, -0.2) is 9.78 Å². The third-order valence-electron chi connectivity index (χ3n) is 3.02. The van der Waals surface area contributed by atoms with Crippen molar-refractivity contribution in [2.75, 3.05) is 10.6 Å². The highest BCUT2D eigenvalue weighted by Gasteiger charge is 2.25. The molecule has 2 heterocycles. The lowest BCUT2D eigenvalue weighted by atomic mass is 10.2. The number of nitrogens with zero attached hydrogens (tertiary/aromatic N) is 2. The Hall–Kier alpha value is -2.14. The normalized spacial score (nSPS) is 13.8. The summed E-state index contributed by atoms with van der Waals surface area (Å²) in [4.78, 5) is 20.0. The number of carbonyl (C=O) groups excluding carboxylic acids is 1. The molecule has 2 N–H and O–H groups in total. The number of halogens is 1. The minimum Gasteiger partial charge on any atom is -0.308 e. The Morgan fingerprint density at radius 3 is 2.40 bits per heavy atom. The monoisotopic (exact) mass is 288 g/mol. The average molecular weight is 289 g/mol. The highest BCUT2D eigenvalue weighted by atomic mass is 35.5. The number of anilines is 2. The van der Waals surface area contributed by atoms with Crippen molar-refractivity contribution in [2.45, 2.75) is 18.8 Å². The van der Waals surface area contributed by atoms with Crippen molar-refractivity contribution < 1.29 is 4.79 Å². The molecule has 3 rings (SSSR count). The maximum atomic E-state index is 11.9. The second kappa shape index (κ2) is 5.46. The minimum absolute atomic E-state index is 0.319. The van der Waals surface area contributed by atoms with Gasteiger partial charge in [0.15, 0.2) is 0 Å². The van der Waals surface area contributed by atoms with E-state index in [1.165, 1.54) is 19.0 Å². The van der Waals surface area contributed by atoms with Gasteiger partial charge in [0.25, 0.3) is 0 Å². The number of pyridine rings is 2. The predicted octanol–water partition coefficient (Wildman–Crippen LogP) is 3.65. The Balaban J connectivity index is 1.65. The summed E-state index contributed by atoms with van der Waals surface area (Å²) in [5, 5.41) is 5.82. The molecule has 0 aliphatic heterocycles. The van der Waals surface area contributed by atoms with Crippen LogP contribution in [0.5, 0.6) is 0 Å². The van der Waals surface area contributed by atoms with Crippen LogP contribution < -0.4 is 10.6 Å². The zero-order valence-electron chi connectivity index (χ0n) is 10.6. The van der Waals surface area contributed by atoms with Gasteiger partial charge >= 0.3 is 6.03 Å². The van der Waals surface area contributed by atoms with E-state index in [-0.39, 0.29) is 6.03 Å². The number of hydrogen-bond acceptors (Lipinski definition) is 3. The summed E-state index contributed by atoms with van der Waals surface area (Å²) in [6, 6.07) is 6.62. The van der Waals surface area contributed by atoms with Crippen LogP contribution in [-0.4, -0.2) is 16.0 Å². The van der Waals surface area contributed by atoms with Crippen LogP contribution in [0.4, 0.5) is 16.2 Å². The molecule has 2 aromatic heterocycles. The number of aromatic nitrogens is 2. The molecular formula is C14H13ClN4O. The Bertz CT molecular complexity index is 643. The average Bonchev–Trinajstić information content (AvgIpc) is 3.23. The van der Waals surface area contributed by atoms with Crippen molar-refractivity contribution in [3.8, 4) is 0 Å². The van der Waals surface area contributed by atoms with Crippen LogP contribution in [0, 0.1) is 0 Å². The second-order valence-corrected chi connectivity index (χ2v) is 5.08. The Labute approximate surface area is 121 Å². The van der Waals surface area contributed by atoms with Gasteiger partial charge in [0.05, 0.1) is 0 Å². The molecule has 2 amide bonds. The summed E-state index contributed by atoms with van der Waals surface area (Å²) < 4.78 is 0. The van der Waals surface area contributed by atoms with E-state index >= 15 is 0 Å². The quantitative estimate of drug-likeness (QED) is 0.847. The molecule has 6 heteroatoms. The first-order valence-electron chi connectivity index (χ1n) is 6.36. The van der Waals surface area contributed by atoms with E-state index in [2.05, 4.69) is 20.6 Å². The molecule has 102 valence electrons. The number of urea groups is 1. The SMILES string of the molecule is O=C(Nc1ccnc(Cl)c1)Nc1ccnc(C2CC2)c1. The van der Waals surface area contributed by atoms with Gasteiger partial charge in [0, 0.05) is 35.4 Å². The number of rotatable bonds is 3. The molecule has 0 radical (unpaired) electrons. The lowest BCUT2D eigenvalue weighted by molar-refractivity contribution is 0.262. The predicted molar refractivity (Wildman–Crippen MR) is 78.1 cm³/mol. The maximum Gasteiger partial charge on any atom is 0.323 e. The van der Waals surface area contributed by atoms with Gasteiger partial charge < -0.3 is 10.6 Å². The van der Waals surface area contributed by atoms with Crippen LogP contribution in [0.3, 0.4) is 0 Å². The standard InChI is InChI=1S/C14H13ClN4O/c15-13-8-11(4-6-17-13)19-14(20)18-10-3-5-16-12(7-10)9-1-2-9/h3-9H,1-2H2,(H2,16,17,18,19,20). The lowest BCUT2D eigenvalue weighted by Crippen LogP contribution is -2.19. The van der Waals surface area contributed by atoms with Gasteiger partial charge in [0.1, 0.15) is 5.15 Å². The van der Waals surface area contributed by atoms with Crippen LogP contribution >= 0.6 is 11.6 Å². The zero-order valence-corrected chi connectivity index (χ0v) is 11.4. The Morgan fingerprint density at radius 2 is 1.75 bits per heavy atom. The van der Waals surface area contributed by atoms with Crippen LogP contribution in [0.2, 0.25) is 5.15 Å². The lowest BCUT2D eigenvalue weighted by Gasteiger charge is -2.08.